The number of hydrogen-bond donors (Lipinski definition) is 1. The first-order valence-electron chi connectivity index (χ1n) is 7.53. The normalized spacial score (nSPS) is 12.4. The maximum absolute atomic E-state index is 13.1. The van der Waals surface area contributed by atoms with Crippen molar-refractivity contribution in [3.05, 3.63) is 54.3 Å². The Morgan fingerprint density at radius 3 is 2.20 bits per heavy atom. The van der Waals surface area contributed by atoms with E-state index in [1.165, 1.54) is 19.1 Å². The van der Waals surface area contributed by atoms with Crippen molar-refractivity contribution in [2.45, 2.75) is 24.8 Å². The van der Waals surface area contributed by atoms with Crippen molar-refractivity contribution in [1.29, 1.82) is 0 Å². The molecule has 134 valence electrons. The van der Waals surface area contributed by atoms with Crippen LogP contribution in [-0.2, 0) is 14.8 Å². The van der Waals surface area contributed by atoms with Crippen LogP contribution in [0, 0.1) is 5.82 Å². The second kappa shape index (κ2) is 7.52. The van der Waals surface area contributed by atoms with Gasteiger partial charge < -0.3 is 9.84 Å². The summed E-state index contributed by atoms with van der Waals surface area (Å²) in [5.74, 6) is -1.36. The first-order valence-corrected chi connectivity index (χ1v) is 8.97. The fourth-order valence-electron chi connectivity index (χ4n) is 2.25. The van der Waals surface area contributed by atoms with E-state index in [9.17, 15) is 22.7 Å². The highest BCUT2D eigenvalue weighted by atomic mass is 32.2. The zero-order chi connectivity index (χ0) is 18.6. The molecule has 1 N–H and O–H groups in total. The number of carbonyl (C=O) groups is 1. The van der Waals surface area contributed by atoms with Crippen molar-refractivity contribution in [3.8, 4) is 5.75 Å². The van der Waals surface area contributed by atoms with Gasteiger partial charge in [0.1, 0.15) is 17.6 Å². The Morgan fingerprint density at radius 2 is 1.72 bits per heavy atom. The zero-order valence-electron chi connectivity index (χ0n) is 13.7. The highest BCUT2D eigenvalue weighted by Gasteiger charge is 2.33. The first-order chi connectivity index (χ1) is 11.8. The molecule has 0 heterocycles. The van der Waals surface area contributed by atoms with Crippen molar-refractivity contribution < 1.29 is 27.4 Å². The molecular formula is C17H18FNO5S. The van der Waals surface area contributed by atoms with Gasteiger partial charge in [0.15, 0.2) is 0 Å². The number of nitrogens with zero attached hydrogens (tertiary/aromatic N) is 1. The van der Waals surface area contributed by atoms with Gasteiger partial charge in [-0.2, -0.15) is 0 Å². The molecule has 0 fully saturated rings. The highest BCUT2D eigenvalue weighted by Crippen LogP contribution is 2.28. The van der Waals surface area contributed by atoms with Gasteiger partial charge in [-0.15, -0.1) is 0 Å². The van der Waals surface area contributed by atoms with E-state index in [-0.39, 0.29) is 10.6 Å². The topological polar surface area (TPSA) is 83.9 Å². The second-order valence-electron chi connectivity index (χ2n) is 5.20. The number of aliphatic carboxylic acids is 1. The lowest BCUT2D eigenvalue weighted by atomic mass is 10.2. The fourth-order valence-corrected chi connectivity index (χ4v) is 3.86. The molecule has 0 aliphatic heterocycles. The summed E-state index contributed by atoms with van der Waals surface area (Å²) in [4.78, 5) is 11.2. The average molecular weight is 367 g/mol. The van der Waals surface area contributed by atoms with Crippen LogP contribution in [0.15, 0.2) is 53.4 Å². The zero-order valence-corrected chi connectivity index (χ0v) is 14.5. The number of sulfonamides is 1. The molecule has 0 amide bonds. The van der Waals surface area contributed by atoms with Crippen LogP contribution < -0.4 is 9.04 Å². The average Bonchev–Trinajstić information content (AvgIpc) is 2.57. The van der Waals surface area contributed by atoms with Crippen molar-refractivity contribution in [1.82, 2.24) is 0 Å². The molecule has 2 rings (SSSR count). The Kier molecular flexibility index (Phi) is 5.63. The molecule has 2 aromatic rings. The monoisotopic (exact) mass is 367 g/mol. The van der Waals surface area contributed by atoms with Gasteiger partial charge in [-0.05, 0) is 62.4 Å². The van der Waals surface area contributed by atoms with Gasteiger partial charge in [0.05, 0.1) is 17.2 Å². The molecule has 0 bridgehead atoms. The molecule has 0 saturated heterocycles. The molecule has 0 spiro atoms. The van der Waals surface area contributed by atoms with E-state index in [0.717, 1.165) is 28.6 Å². The van der Waals surface area contributed by atoms with Crippen LogP contribution in [0.1, 0.15) is 13.8 Å². The van der Waals surface area contributed by atoms with E-state index in [1.807, 2.05) is 6.92 Å². The quantitative estimate of drug-likeness (QED) is 0.813. The maximum Gasteiger partial charge on any atom is 0.327 e. The van der Waals surface area contributed by atoms with Gasteiger partial charge in [0.25, 0.3) is 10.0 Å². The van der Waals surface area contributed by atoms with E-state index in [2.05, 4.69) is 0 Å². The van der Waals surface area contributed by atoms with Crippen LogP contribution in [0.5, 0.6) is 5.75 Å². The number of hydrogen-bond acceptors (Lipinski definition) is 4. The SMILES string of the molecule is CCOc1ccc(N(C(C)C(=O)O)S(=O)(=O)c2ccc(F)cc2)cc1. The third-order valence-corrected chi connectivity index (χ3v) is 5.39. The Labute approximate surface area is 145 Å². The van der Waals surface area contributed by atoms with Gasteiger partial charge in [-0.1, -0.05) is 0 Å². The second-order valence-corrected chi connectivity index (χ2v) is 7.01. The summed E-state index contributed by atoms with van der Waals surface area (Å²) in [5, 5.41) is 9.32. The molecule has 0 radical (unpaired) electrons. The summed E-state index contributed by atoms with van der Waals surface area (Å²) in [7, 11) is -4.20. The standard InChI is InChI=1S/C17H18FNO5S/c1-3-24-15-8-6-14(7-9-15)19(12(2)17(20)21)25(22,23)16-10-4-13(18)5-11-16/h4-12H,3H2,1-2H3,(H,20,21). The molecule has 0 saturated carbocycles. The van der Waals surface area contributed by atoms with Crippen molar-refractivity contribution in [3.63, 3.8) is 0 Å². The Morgan fingerprint density at radius 1 is 1.16 bits per heavy atom. The molecular weight excluding hydrogens is 349 g/mol. The third-order valence-electron chi connectivity index (χ3n) is 3.48. The number of benzene rings is 2. The summed E-state index contributed by atoms with van der Waals surface area (Å²) in [5.41, 5.74) is 0.169. The highest BCUT2D eigenvalue weighted by molar-refractivity contribution is 7.92. The molecule has 2 aromatic carbocycles. The smallest absolute Gasteiger partial charge is 0.327 e. The maximum atomic E-state index is 13.1. The van der Waals surface area contributed by atoms with E-state index >= 15 is 0 Å². The number of anilines is 1. The van der Waals surface area contributed by atoms with Crippen LogP contribution in [0.3, 0.4) is 0 Å². The van der Waals surface area contributed by atoms with Crippen molar-refractivity contribution in [2.75, 3.05) is 10.9 Å². The third kappa shape index (κ3) is 4.08. The lowest BCUT2D eigenvalue weighted by molar-refractivity contribution is -0.137. The van der Waals surface area contributed by atoms with Crippen LogP contribution in [0.2, 0.25) is 0 Å². The largest absolute Gasteiger partial charge is 0.494 e. The minimum absolute atomic E-state index is 0.169. The Hall–Kier alpha value is -2.61. The van der Waals surface area contributed by atoms with Gasteiger partial charge in [-0.25, -0.2) is 17.6 Å². The molecule has 8 heteroatoms. The lowest BCUT2D eigenvalue weighted by Gasteiger charge is -2.28. The Balaban J connectivity index is 2.52. The van der Waals surface area contributed by atoms with E-state index < -0.39 is 27.9 Å². The Bertz CT molecular complexity index is 834. The molecule has 6 nitrogen and oxygen atoms in total. The summed E-state index contributed by atoms with van der Waals surface area (Å²) in [6.45, 7) is 3.52. The van der Waals surface area contributed by atoms with Crippen LogP contribution in [-0.4, -0.2) is 32.1 Å². The van der Waals surface area contributed by atoms with Crippen LogP contribution in [0.4, 0.5) is 10.1 Å². The summed E-state index contributed by atoms with van der Waals surface area (Å²) in [6.07, 6.45) is 0. The van der Waals surface area contributed by atoms with Crippen molar-refractivity contribution >= 4 is 21.7 Å². The molecule has 25 heavy (non-hydrogen) atoms. The molecule has 0 aliphatic rings. The lowest BCUT2D eigenvalue weighted by Crippen LogP contribution is -2.43. The summed E-state index contributed by atoms with van der Waals surface area (Å²) in [6, 6.07) is 8.90. The minimum atomic E-state index is -4.20. The number of halogens is 1. The molecule has 0 aliphatic carbocycles. The van der Waals surface area contributed by atoms with E-state index in [1.54, 1.807) is 12.1 Å². The minimum Gasteiger partial charge on any atom is -0.494 e. The van der Waals surface area contributed by atoms with Crippen LogP contribution >= 0.6 is 0 Å². The number of carboxylic acids is 1. The predicted molar refractivity (Wildman–Crippen MR) is 90.8 cm³/mol. The van der Waals surface area contributed by atoms with Gasteiger partial charge in [-0.3, -0.25) is 4.31 Å². The number of carboxylic acid groups (broad SMARTS) is 1. The van der Waals surface area contributed by atoms with Crippen molar-refractivity contribution in [2.24, 2.45) is 0 Å². The number of ether oxygens (including phenoxy) is 1. The molecule has 1 unspecified atom stereocenters. The predicted octanol–water partition coefficient (Wildman–Crippen LogP) is 2.89. The van der Waals surface area contributed by atoms with E-state index in [4.69, 9.17) is 4.74 Å². The molecule has 1 atom stereocenters. The summed E-state index contributed by atoms with van der Waals surface area (Å²) >= 11 is 0. The number of rotatable bonds is 7. The van der Waals surface area contributed by atoms with Gasteiger partial charge in [0.2, 0.25) is 0 Å². The first kappa shape index (κ1) is 18.7. The van der Waals surface area contributed by atoms with Crippen LogP contribution in [0.25, 0.3) is 0 Å². The summed E-state index contributed by atoms with van der Waals surface area (Å²) < 4.78 is 45.0. The van der Waals surface area contributed by atoms with E-state index in [0.29, 0.717) is 12.4 Å². The fraction of sp³-hybridized carbons (Fsp3) is 0.235. The van der Waals surface area contributed by atoms with Gasteiger partial charge >= 0.3 is 5.97 Å². The molecule has 0 aromatic heterocycles. The van der Waals surface area contributed by atoms with Gasteiger partial charge in [0, 0.05) is 0 Å².